The van der Waals surface area contributed by atoms with Crippen molar-refractivity contribution in [1.82, 2.24) is 10.2 Å². The second-order valence-corrected chi connectivity index (χ2v) is 10.1. The van der Waals surface area contributed by atoms with Crippen molar-refractivity contribution in [3.8, 4) is 0 Å². The van der Waals surface area contributed by atoms with Crippen LogP contribution in [0.1, 0.15) is 45.7 Å². The number of rotatable bonds is 9. The molecule has 8 nitrogen and oxygen atoms in total. The Bertz CT molecular complexity index is 1230. The van der Waals surface area contributed by atoms with E-state index < -0.39 is 0 Å². The van der Waals surface area contributed by atoms with Crippen LogP contribution >= 0.6 is 0 Å². The van der Waals surface area contributed by atoms with E-state index in [1.54, 1.807) is 18.2 Å². The zero-order valence-corrected chi connectivity index (χ0v) is 22.1. The van der Waals surface area contributed by atoms with Gasteiger partial charge in [0.25, 0.3) is 11.8 Å². The highest BCUT2D eigenvalue weighted by atomic mass is 16.3. The molecule has 2 fully saturated rings. The number of hydrogen-bond donors (Lipinski definition) is 2. The van der Waals surface area contributed by atoms with Crippen molar-refractivity contribution in [3.05, 3.63) is 77.7 Å². The molecule has 2 N–H and O–H groups in total. The third-order valence-electron chi connectivity index (χ3n) is 7.46. The van der Waals surface area contributed by atoms with Crippen LogP contribution in [0.25, 0.3) is 0 Å². The number of hydrogen-bond acceptors (Lipinski definition) is 6. The molecule has 1 aromatic heterocycles. The van der Waals surface area contributed by atoms with Crippen LogP contribution in [0.3, 0.4) is 0 Å². The van der Waals surface area contributed by atoms with Crippen molar-refractivity contribution < 1.29 is 14.0 Å². The number of benzene rings is 2. The van der Waals surface area contributed by atoms with Gasteiger partial charge in [-0.05, 0) is 87.8 Å². The Kier molecular flexibility index (Phi) is 8.28. The fourth-order valence-electron chi connectivity index (χ4n) is 5.36. The minimum atomic E-state index is -0.335. The summed E-state index contributed by atoms with van der Waals surface area (Å²) in [5, 5.41) is 6.03. The number of amides is 2. The quantitative estimate of drug-likeness (QED) is 0.412. The van der Waals surface area contributed by atoms with Crippen LogP contribution < -0.4 is 20.4 Å². The molecule has 3 heterocycles. The van der Waals surface area contributed by atoms with E-state index in [1.807, 2.05) is 12.1 Å². The minimum absolute atomic E-state index is 0.129. The van der Waals surface area contributed by atoms with Gasteiger partial charge in [-0.25, -0.2) is 0 Å². The lowest BCUT2D eigenvalue weighted by Gasteiger charge is -2.38. The summed E-state index contributed by atoms with van der Waals surface area (Å²) in [7, 11) is 0. The zero-order chi connectivity index (χ0) is 26.3. The third kappa shape index (κ3) is 6.19. The highest BCUT2D eigenvalue weighted by Crippen LogP contribution is 2.30. The van der Waals surface area contributed by atoms with Gasteiger partial charge in [-0.2, -0.15) is 0 Å². The average molecular weight is 516 g/mol. The number of aryl methyl sites for hydroxylation is 1. The van der Waals surface area contributed by atoms with Crippen LogP contribution in [0.4, 0.5) is 17.1 Å². The second kappa shape index (κ2) is 12.2. The van der Waals surface area contributed by atoms with Gasteiger partial charge in [-0.15, -0.1) is 0 Å². The smallest absolute Gasteiger partial charge is 0.291 e. The number of likely N-dealkylation sites (tertiary alicyclic amines) is 1. The number of anilines is 3. The molecule has 8 heteroatoms. The molecular weight excluding hydrogens is 478 g/mol. The zero-order valence-electron chi connectivity index (χ0n) is 22.1. The molecule has 38 heavy (non-hydrogen) atoms. The Morgan fingerprint density at radius 2 is 1.58 bits per heavy atom. The largest absolute Gasteiger partial charge is 0.459 e. The Hall–Kier alpha value is -3.78. The maximum absolute atomic E-state index is 13.0. The average Bonchev–Trinajstić information content (AvgIpc) is 3.67. The maximum Gasteiger partial charge on any atom is 0.291 e. The molecule has 5 rings (SSSR count). The van der Waals surface area contributed by atoms with Gasteiger partial charge in [0.05, 0.1) is 17.6 Å². The molecule has 2 aromatic carbocycles. The van der Waals surface area contributed by atoms with Gasteiger partial charge in [0.1, 0.15) is 0 Å². The maximum atomic E-state index is 13.0. The predicted molar refractivity (Wildman–Crippen MR) is 151 cm³/mol. The van der Waals surface area contributed by atoms with Crippen molar-refractivity contribution in [2.45, 2.75) is 26.2 Å². The Labute approximate surface area is 224 Å². The van der Waals surface area contributed by atoms with Crippen LogP contribution in [-0.2, 0) is 0 Å². The molecule has 0 bridgehead atoms. The molecule has 0 unspecified atom stereocenters. The topological polar surface area (TPSA) is 81.1 Å². The van der Waals surface area contributed by atoms with E-state index in [-0.39, 0.29) is 17.6 Å². The van der Waals surface area contributed by atoms with Crippen LogP contribution in [0.2, 0.25) is 0 Å². The first-order chi connectivity index (χ1) is 18.6. The first-order valence-electron chi connectivity index (χ1n) is 13.6. The van der Waals surface area contributed by atoms with Gasteiger partial charge < -0.3 is 29.8 Å². The van der Waals surface area contributed by atoms with E-state index >= 15 is 0 Å². The molecule has 2 amide bonds. The van der Waals surface area contributed by atoms with Gasteiger partial charge in [0, 0.05) is 44.0 Å². The predicted octanol–water partition coefficient (Wildman–Crippen LogP) is 4.38. The molecule has 0 saturated carbocycles. The van der Waals surface area contributed by atoms with Gasteiger partial charge in [0.2, 0.25) is 0 Å². The van der Waals surface area contributed by atoms with Gasteiger partial charge in [0.15, 0.2) is 5.76 Å². The third-order valence-corrected chi connectivity index (χ3v) is 7.46. The number of nitrogens with one attached hydrogen (secondary N) is 2. The standard InChI is InChI=1S/C30H37N5O3/c1-23-8-2-3-9-26(23)34-17-19-35(20-18-34)27-12-11-24(22-25(27)32-30(37)28-10-6-21-38-28)29(36)31-13-7-16-33-14-4-5-15-33/h2-3,6,8-12,21-22H,4-5,7,13-20H2,1H3,(H,31,36)(H,32,37). The summed E-state index contributed by atoms with van der Waals surface area (Å²) < 4.78 is 5.30. The summed E-state index contributed by atoms with van der Waals surface area (Å²) >= 11 is 0. The molecule has 0 spiro atoms. The fraction of sp³-hybridized carbons (Fsp3) is 0.400. The van der Waals surface area contributed by atoms with Crippen molar-refractivity contribution in [1.29, 1.82) is 0 Å². The summed E-state index contributed by atoms with van der Waals surface area (Å²) in [4.78, 5) is 32.9. The Morgan fingerprint density at radius 1 is 0.842 bits per heavy atom. The van der Waals surface area contributed by atoms with Crippen molar-refractivity contribution in [3.63, 3.8) is 0 Å². The summed E-state index contributed by atoms with van der Waals surface area (Å²) in [6.45, 7) is 9.45. The van der Waals surface area contributed by atoms with Gasteiger partial charge >= 0.3 is 0 Å². The van der Waals surface area contributed by atoms with Crippen LogP contribution in [0.5, 0.6) is 0 Å². The molecule has 200 valence electrons. The van der Waals surface area contributed by atoms with Crippen LogP contribution in [-0.4, -0.2) is 69.1 Å². The molecule has 2 aliphatic heterocycles. The van der Waals surface area contributed by atoms with E-state index in [4.69, 9.17) is 4.42 Å². The lowest BCUT2D eigenvalue weighted by Crippen LogP contribution is -2.47. The highest BCUT2D eigenvalue weighted by molar-refractivity contribution is 6.05. The minimum Gasteiger partial charge on any atom is -0.459 e. The number of furan rings is 1. The highest BCUT2D eigenvalue weighted by Gasteiger charge is 2.23. The molecule has 0 atom stereocenters. The van der Waals surface area contributed by atoms with Gasteiger partial charge in [-0.1, -0.05) is 18.2 Å². The van der Waals surface area contributed by atoms with Crippen molar-refractivity contribution in [2.75, 3.05) is 67.5 Å². The number of para-hydroxylation sites is 1. The first kappa shape index (κ1) is 25.9. The van der Waals surface area contributed by atoms with Crippen LogP contribution in [0.15, 0.2) is 65.3 Å². The lowest BCUT2D eigenvalue weighted by atomic mass is 10.1. The lowest BCUT2D eigenvalue weighted by molar-refractivity contribution is 0.0950. The first-order valence-corrected chi connectivity index (χ1v) is 13.6. The molecule has 0 aliphatic carbocycles. The number of carbonyl (C=O) groups excluding carboxylic acids is 2. The summed E-state index contributed by atoms with van der Waals surface area (Å²) in [5.74, 6) is -0.231. The van der Waals surface area contributed by atoms with Crippen molar-refractivity contribution >= 4 is 28.9 Å². The SMILES string of the molecule is Cc1ccccc1N1CCN(c2ccc(C(=O)NCCCN3CCCC3)cc2NC(=O)c2ccco2)CC1. The summed E-state index contributed by atoms with van der Waals surface area (Å²) in [6, 6.07) is 17.3. The molecular formula is C30H37N5O3. The van der Waals surface area contributed by atoms with Gasteiger partial charge in [-0.3, -0.25) is 9.59 Å². The summed E-state index contributed by atoms with van der Waals surface area (Å²) in [6.07, 6.45) is 4.95. The summed E-state index contributed by atoms with van der Waals surface area (Å²) in [5.41, 5.74) is 4.57. The van der Waals surface area contributed by atoms with E-state index in [2.05, 4.69) is 56.5 Å². The number of nitrogens with zero attached hydrogens (tertiary/aromatic N) is 3. The normalized spacial score (nSPS) is 16.0. The fourth-order valence-corrected chi connectivity index (χ4v) is 5.36. The van der Waals surface area contributed by atoms with E-state index in [0.29, 0.717) is 17.8 Å². The molecule has 3 aromatic rings. The molecule has 2 aliphatic rings. The van der Waals surface area contributed by atoms with Crippen LogP contribution in [0, 0.1) is 6.92 Å². The van der Waals surface area contributed by atoms with E-state index in [0.717, 1.165) is 57.9 Å². The Morgan fingerprint density at radius 3 is 2.29 bits per heavy atom. The van der Waals surface area contributed by atoms with Crippen molar-refractivity contribution in [2.24, 2.45) is 0 Å². The molecule has 2 saturated heterocycles. The molecule has 0 radical (unpaired) electrons. The Balaban J connectivity index is 1.27. The van der Waals surface area contributed by atoms with E-state index in [9.17, 15) is 9.59 Å². The van der Waals surface area contributed by atoms with E-state index in [1.165, 1.54) is 30.4 Å². The number of carbonyl (C=O) groups is 2. The second-order valence-electron chi connectivity index (χ2n) is 10.1. The monoisotopic (exact) mass is 515 g/mol. The number of piperazine rings is 1.